The molecule has 20 heavy (non-hydrogen) atoms. The first-order valence-electron chi connectivity index (χ1n) is 5.51. The van der Waals surface area contributed by atoms with Crippen LogP contribution >= 0.6 is 0 Å². The molecule has 1 heterocycles. The first kappa shape index (κ1) is 14.1. The lowest BCUT2D eigenvalue weighted by Crippen LogP contribution is -2.08. The van der Waals surface area contributed by atoms with Crippen LogP contribution in [0.3, 0.4) is 0 Å². The van der Waals surface area contributed by atoms with E-state index in [9.17, 15) is 13.2 Å². The van der Waals surface area contributed by atoms with Crippen LogP contribution in [0.4, 0.5) is 0 Å². The molecule has 2 rings (SSSR count). The van der Waals surface area contributed by atoms with Crippen molar-refractivity contribution >= 4 is 15.8 Å². The molecule has 106 valence electrons. The number of sulfone groups is 1. The molecule has 0 atom stereocenters. The van der Waals surface area contributed by atoms with E-state index in [0.29, 0.717) is 11.4 Å². The van der Waals surface area contributed by atoms with Crippen LogP contribution in [0.25, 0.3) is 5.69 Å². The Hall–Kier alpha value is -2.35. The third kappa shape index (κ3) is 2.64. The summed E-state index contributed by atoms with van der Waals surface area (Å²) < 4.78 is 29.0. The number of nitrogens with zero attached hydrogens (tertiary/aromatic N) is 2. The summed E-state index contributed by atoms with van der Waals surface area (Å²) in [5, 5.41) is 12.7. The second-order valence-corrected chi connectivity index (χ2v) is 6.02. The van der Waals surface area contributed by atoms with Gasteiger partial charge < -0.3 is 9.84 Å². The van der Waals surface area contributed by atoms with Crippen molar-refractivity contribution in [3.8, 4) is 11.4 Å². The van der Waals surface area contributed by atoms with Crippen molar-refractivity contribution in [2.75, 3.05) is 13.4 Å². The van der Waals surface area contributed by atoms with E-state index in [1.54, 1.807) is 24.3 Å². The molecule has 0 saturated carbocycles. The van der Waals surface area contributed by atoms with Gasteiger partial charge in [-0.15, -0.1) is 0 Å². The number of methoxy groups -OCH3 is 1. The summed E-state index contributed by atoms with van der Waals surface area (Å²) in [7, 11) is -2.07. The Morgan fingerprint density at radius 3 is 2.35 bits per heavy atom. The summed E-state index contributed by atoms with van der Waals surface area (Å²) in [6.07, 6.45) is 0.972. The van der Waals surface area contributed by atoms with Gasteiger partial charge in [-0.05, 0) is 24.3 Å². The Labute approximate surface area is 115 Å². The van der Waals surface area contributed by atoms with Gasteiger partial charge in [-0.3, -0.25) is 0 Å². The predicted molar refractivity (Wildman–Crippen MR) is 70.2 cm³/mol. The molecule has 1 N–H and O–H groups in total. The Morgan fingerprint density at radius 1 is 1.30 bits per heavy atom. The third-order valence-electron chi connectivity index (χ3n) is 2.60. The van der Waals surface area contributed by atoms with Gasteiger partial charge >= 0.3 is 5.97 Å². The highest BCUT2D eigenvalue weighted by atomic mass is 32.2. The van der Waals surface area contributed by atoms with Gasteiger partial charge in [0.25, 0.3) is 0 Å². The molecule has 7 nitrogen and oxygen atoms in total. The van der Waals surface area contributed by atoms with E-state index >= 15 is 0 Å². The van der Waals surface area contributed by atoms with Gasteiger partial charge in [0.2, 0.25) is 0 Å². The smallest absolute Gasteiger partial charge is 0.354 e. The van der Waals surface area contributed by atoms with Crippen LogP contribution in [0.1, 0.15) is 10.5 Å². The van der Waals surface area contributed by atoms with Gasteiger partial charge in [0, 0.05) is 12.3 Å². The van der Waals surface area contributed by atoms with Crippen molar-refractivity contribution in [3.63, 3.8) is 0 Å². The number of aromatic carboxylic acids is 1. The number of rotatable bonds is 4. The molecule has 1 aromatic carbocycles. The predicted octanol–water partition coefficient (Wildman–Crippen LogP) is 0.983. The zero-order valence-electron chi connectivity index (χ0n) is 10.8. The highest BCUT2D eigenvalue weighted by Crippen LogP contribution is 2.19. The van der Waals surface area contributed by atoms with Crippen LogP contribution in [0.2, 0.25) is 0 Å². The van der Waals surface area contributed by atoms with Gasteiger partial charge in [0.1, 0.15) is 5.75 Å². The van der Waals surface area contributed by atoms with Crippen LogP contribution in [0.5, 0.6) is 5.75 Å². The number of carboxylic acids is 1. The molecular weight excluding hydrogens is 284 g/mol. The molecule has 0 unspecified atom stereocenters. The maximum atomic E-state index is 11.5. The van der Waals surface area contributed by atoms with E-state index in [0.717, 1.165) is 17.0 Å². The molecule has 8 heteroatoms. The Morgan fingerprint density at radius 2 is 1.90 bits per heavy atom. The van der Waals surface area contributed by atoms with Crippen molar-refractivity contribution in [1.29, 1.82) is 0 Å². The van der Waals surface area contributed by atoms with E-state index in [4.69, 9.17) is 9.84 Å². The number of carboxylic acid groups (broad SMARTS) is 1. The van der Waals surface area contributed by atoms with Gasteiger partial charge in [-0.25, -0.2) is 17.9 Å². The number of hydrogen-bond acceptors (Lipinski definition) is 5. The largest absolute Gasteiger partial charge is 0.497 e. The number of aromatic nitrogens is 2. The zero-order valence-corrected chi connectivity index (χ0v) is 11.6. The monoisotopic (exact) mass is 296 g/mol. The fraction of sp³-hybridized carbons (Fsp3) is 0.167. The van der Waals surface area contributed by atoms with Crippen LogP contribution < -0.4 is 4.74 Å². The molecule has 2 aromatic rings. The molecule has 0 saturated heterocycles. The summed E-state index contributed by atoms with van der Waals surface area (Å²) in [5.74, 6) is -0.663. The summed E-state index contributed by atoms with van der Waals surface area (Å²) >= 11 is 0. The van der Waals surface area contributed by atoms with Crippen LogP contribution in [0, 0.1) is 0 Å². The number of hydrogen-bond donors (Lipinski definition) is 1. The molecule has 0 radical (unpaired) electrons. The molecule has 0 fully saturated rings. The molecule has 0 spiro atoms. The lowest BCUT2D eigenvalue weighted by Gasteiger charge is -2.05. The maximum Gasteiger partial charge on any atom is 0.354 e. The van der Waals surface area contributed by atoms with Gasteiger partial charge in [0.05, 0.1) is 12.8 Å². The average Bonchev–Trinajstić information content (AvgIpc) is 2.84. The normalized spacial score (nSPS) is 11.3. The Kier molecular flexibility index (Phi) is 3.49. The zero-order chi connectivity index (χ0) is 14.9. The molecule has 0 bridgehead atoms. The average molecular weight is 296 g/mol. The minimum Gasteiger partial charge on any atom is -0.497 e. The van der Waals surface area contributed by atoms with Crippen LogP contribution in [0.15, 0.2) is 35.4 Å². The van der Waals surface area contributed by atoms with Crippen molar-refractivity contribution in [1.82, 2.24) is 9.78 Å². The number of benzene rings is 1. The molecular formula is C12H12N2O5S. The minimum atomic E-state index is -3.58. The lowest BCUT2D eigenvalue weighted by molar-refractivity contribution is 0.0687. The summed E-state index contributed by atoms with van der Waals surface area (Å²) in [4.78, 5) is 11.2. The Balaban J connectivity index is 2.59. The second kappa shape index (κ2) is 4.97. The SMILES string of the molecule is COc1ccc(-n2nc(S(C)(=O)=O)cc2C(=O)O)cc1. The van der Waals surface area contributed by atoms with Crippen molar-refractivity contribution in [2.45, 2.75) is 5.03 Å². The van der Waals surface area contributed by atoms with Crippen molar-refractivity contribution in [2.24, 2.45) is 0 Å². The highest BCUT2D eigenvalue weighted by molar-refractivity contribution is 7.90. The summed E-state index contributed by atoms with van der Waals surface area (Å²) in [6.45, 7) is 0. The molecule has 0 aliphatic heterocycles. The van der Waals surface area contributed by atoms with E-state index in [1.165, 1.54) is 7.11 Å². The number of ether oxygens (including phenoxy) is 1. The Bertz CT molecular complexity index is 747. The molecule has 0 aliphatic rings. The van der Waals surface area contributed by atoms with Gasteiger partial charge in [0.15, 0.2) is 20.6 Å². The fourth-order valence-electron chi connectivity index (χ4n) is 1.61. The quantitative estimate of drug-likeness (QED) is 0.903. The standard InChI is InChI=1S/C12H12N2O5S/c1-19-9-5-3-8(4-6-9)14-10(12(15)16)7-11(13-14)20(2,17)18/h3-7H,1-2H3,(H,15,16). The topological polar surface area (TPSA) is 98.5 Å². The van der Waals surface area contributed by atoms with Crippen LogP contribution in [-0.4, -0.2) is 42.6 Å². The number of carbonyl (C=O) groups is 1. The van der Waals surface area contributed by atoms with Crippen molar-refractivity contribution < 1.29 is 23.1 Å². The second-order valence-electron chi connectivity index (χ2n) is 4.05. The molecule has 0 aliphatic carbocycles. The third-order valence-corrected chi connectivity index (χ3v) is 3.56. The van der Waals surface area contributed by atoms with E-state index < -0.39 is 15.8 Å². The van der Waals surface area contributed by atoms with E-state index in [1.807, 2.05) is 0 Å². The van der Waals surface area contributed by atoms with E-state index in [-0.39, 0.29) is 10.7 Å². The fourth-order valence-corrected chi connectivity index (χ4v) is 2.17. The van der Waals surface area contributed by atoms with Gasteiger partial charge in [-0.1, -0.05) is 0 Å². The molecule has 1 aromatic heterocycles. The first-order valence-corrected chi connectivity index (χ1v) is 7.40. The lowest BCUT2D eigenvalue weighted by atomic mass is 10.3. The maximum absolute atomic E-state index is 11.5. The highest BCUT2D eigenvalue weighted by Gasteiger charge is 2.20. The summed E-state index contributed by atoms with van der Waals surface area (Å²) in [5.41, 5.74) is 0.202. The van der Waals surface area contributed by atoms with Gasteiger partial charge in [-0.2, -0.15) is 5.10 Å². The first-order chi connectivity index (χ1) is 9.32. The van der Waals surface area contributed by atoms with E-state index in [2.05, 4.69) is 5.10 Å². The van der Waals surface area contributed by atoms with Crippen LogP contribution in [-0.2, 0) is 9.84 Å². The molecule has 0 amide bonds. The van der Waals surface area contributed by atoms with Crippen molar-refractivity contribution in [3.05, 3.63) is 36.0 Å². The summed E-state index contributed by atoms with van der Waals surface area (Å²) in [6, 6.07) is 7.46. The minimum absolute atomic E-state index is 0.226.